The third kappa shape index (κ3) is 6.20. The molecule has 0 saturated carbocycles. The SMILES string of the molecule is CC(C(=O)Nc1cc(-c2cccc(-c3ncc(C(N)=O)s3)c2)ccc1OC(F)(F)F)N1CCOCC1. The van der Waals surface area contributed by atoms with Crippen molar-refractivity contribution in [3.05, 3.63) is 53.5 Å². The average Bonchev–Trinajstić information content (AvgIpc) is 3.35. The van der Waals surface area contributed by atoms with E-state index in [1.54, 1.807) is 31.2 Å². The molecule has 8 nitrogen and oxygen atoms in total. The molecular formula is C24H23F3N4O4S. The molecule has 1 aliphatic heterocycles. The molecule has 1 atom stereocenters. The zero-order chi connectivity index (χ0) is 25.9. The van der Waals surface area contributed by atoms with Gasteiger partial charge < -0.3 is 20.5 Å². The molecule has 4 rings (SSSR count). The molecule has 0 bridgehead atoms. The van der Waals surface area contributed by atoms with Crippen LogP contribution in [-0.2, 0) is 9.53 Å². The molecule has 2 amide bonds. The number of nitrogens with zero attached hydrogens (tertiary/aromatic N) is 2. The first-order chi connectivity index (χ1) is 17.1. The largest absolute Gasteiger partial charge is 0.573 e. The van der Waals surface area contributed by atoms with E-state index in [9.17, 15) is 22.8 Å². The fourth-order valence-corrected chi connectivity index (χ4v) is 4.51. The molecule has 1 aliphatic rings. The number of amides is 2. The molecule has 1 fully saturated rings. The van der Waals surface area contributed by atoms with Crippen LogP contribution >= 0.6 is 11.3 Å². The number of morpholine rings is 1. The Labute approximate surface area is 208 Å². The number of carbonyl (C=O) groups excluding carboxylic acids is 2. The van der Waals surface area contributed by atoms with Crippen molar-refractivity contribution in [3.8, 4) is 27.4 Å². The summed E-state index contributed by atoms with van der Waals surface area (Å²) in [4.78, 5) is 30.7. The second-order valence-corrected chi connectivity index (χ2v) is 9.08. The van der Waals surface area contributed by atoms with Gasteiger partial charge in [0.2, 0.25) is 5.91 Å². The van der Waals surface area contributed by atoms with Crippen LogP contribution in [0.3, 0.4) is 0 Å². The number of benzene rings is 2. The number of ether oxygens (including phenoxy) is 2. The van der Waals surface area contributed by atoms with Crippen molar-refractivity contribution in [1.82, 2.24) is 9.88 Å². The van der Waals surface area contributed by atoms with Gasteiger partial charge in [-0.2, -0.15) is 0 Å². The Hall–Kier alpha value is -3.48. The topological polar surface area (TPSA) is 107 Å². The van der Waals surface area contributed by atoms with Crippen molar-refractivity contribution in [2.45, 2.75) is 19.3 Å². The number of rotatable bonds is 7. The van der Waals surface area contributed by atoms with Gasteiger partial charge in [-0.05, 0) is 36.2 Å². The standard InChI is InChI=1S/C24H23F3N4O4S/c1-14(31-7-9-34-10-8-31)22(33)30-18-12-16(5-6-19(18)35-24(25,26)27)15-3-2-4-17(11-15)23-29-13-20(36-23)21(28)32/h2-6,11-14H,7-10H2,1H3,(H2,28,32)(H,30,33). The second-order valence-electron chi connectivity index (χ2n) is 8.05. The minimum absolute atomic E-state index is 0.106. The fraction of sp³-hybridized carbons (Fsp3) is 0.292. The van der Waals surface area contributed by atoms with Crippen molar-refractivity contribution < 1.29 is 32.2 Å². The summed E-state index contributed by atoms with van der Waals surface area (Å²) in [6.07, 6.45) is -3.54. The van der Waals surface area contributed by atoms with E-state index in [1.807, 2.05) is 4.90 Å². The van der Waals surface area contributed by atoms with Gasteiger partial charge in [0.25, 0.3) is 5.91 Å². The van der Waals surface area contributed by atoms with Gasteiger partial charge in [-0.25, -0.2) is 4.98 Å². The van der Waals surface area contributed by atoms with Gasteiger partial charge in [0.15, 0.2) is 5.75 Å². The maximum atomic E-state index is 13.0. The summed E-state index contributed by atoms with van der Waals surface area (Å²) in [7, 11) is 0. The molecule has 12 heteroatoms. The summed E-state index contributed by atoms with van der Waals surface area (Å²) in [6, 6.07) is 10.6. The molecule has 190 valence electrons. The van der Waals surface area contributed by atoms with Gasteiger partial charge in [-0.15, -0.1) is 24.5 Å². The Balaban J connectivity index is 1.64. The maximum Gasteiger partial charge on any atom is 0.573 e. The van der Waals surface area contributed by atoms with Crippen molar-refractivity contribution in [3.63, 3.8) is 0 Å². The van der Waals surface area contributed by atoms with Crippen LogP contribution in [0.2, 0.25) is 0 Å². The molecule has 2 heterocycles. The molecule has 0 aliphatic carbocycles. The van der Waals surface area contributed by atoms with E-state index in [2.05, 4.69) is 15.0 Å². The fourth-order valence-electron chi connectivity index (χ4n) is 3.74. The highest BCUT2D eigenvalue weighted by Gasteiger charge is 2.33. The lowest BCUT2D eigenvalue weighted by Gasteiger charge is -2.31. The first-order valence-corrected chi connectivity index (χ1v) is 11.8. The van der Waals surface area contributed by atoms with Gasteiger partial charge in [-0.1, -0.05) is 24.3 Å². The van der Waals surface area contributed by atoms with Crippen LogP contribution in [0.15, 0.2) is 48.7 Å². The molecule has 3 N–H and O–H groups in total. The molecular weight excluding hydrogens is 497 g/mol. The Morgan fingerprint density at radius 2 is 1.83 bits per heavy atom. The van der Waals surface area contributed by atoms with Crippen LogP contribution in [0.4, 0.5) is 18.9 Å². The predicted octanol–water partition coefficient (Wildman–Crippen LogP) is 4.13. The van der Waals surface area contributed by atoms with Gasteiger partial charge in [0.05, 0.1) is 31.1 Å². The molecule has 0 spiro atoms. The molecule has 0 radical (unpaired) electrons. The average molecular weight is 521 g/mol. The Morgan fingerprint density at radius 3 is 2.50 bits per heavy atom. The monoisotopic (exact) mass is 520 g/mol. The molecule has 1 saturated heterocycles. The first kappa shape index (κ1) is 25.6. The number of anilines is 1. The van der Waals surface area contributed by atoms with Crippen LogP contribution in [-0.4, -0.2) is 60.4 Å². The second kappa shape index (κ2) is 10.6. The first-order valence-electron chi connectivity index (χ1n) is 11.0. The highest BCUT2D eigenvalue weighted by molar-refractivity contribution is 7.16. The number of aromatic nitrogens is 1. The van der Waals surface area contributed by atoms with Crippen LogP contribution in [0.1, 0.15) is 16.6 Å². The van der Waals surface area contributed by atoms with Crippen molar-refractivity contribution in [2.75, 3.05) is 31.6 Å². The summed E-state index contributed by atoms with van der Waals surface area (Å²) < 4.78 is 48.6. The van der Waals surface area contributed by atoms with Gasteiger partial charge in [0.1, 0.15) is 9.88 Å². The lowest BCUT2D eigenvalue weighted by atomic mass is 10.0. The smallest absolute Gasteiger partial charge is 0.404 e. The normalized spacial score (nSPS) is 15.3. The van der Waals surface area contributed by atoms with E-state index in [4.69, 9.17) is 10.5 Å². The van der Waals surface area contributed by atoms with E-state index < -0.39 is 30.0 Å². The van der Waals surface area contributed by atoms with Gasteiger partial charge in [0, 0.05) is 18.7 Å². The van der Waals surface area contributed by atoms with Crippen molar-refractivity contribution >= 4 is 28.8 Å². The lowest BCUT2D eigenvalue weighted by molar-refractivity contribution is -0.274. The van der Waals surface area contributed by atoms with Gasteiger partial charge in [-0.3, -0.25) is 14.5 Å². The van der Waals surface area contributed by atoms with Crippen LogP contribution in [0.25, 0.3) is 21.7 Å². The van der Waals surface area contributed by atoms with Gasteiger partial charge >= 0.3 is 6.36 Å². The number of hydrogen-bond donors (Lipinski definition) is 2. The number of thiazole rings is 1. The van der Waals surface area contributed by atoms with E-state index in [0.717, 1.165) is 11.3 Å². The third-order valence-electron chi connectivity index (χ3n) is 5.63. The third-order valence-corrected chi connectivity index (χ3v) is 6.69. The maximum absolute atomic E-state index is 13.0. The molecule has 36 heavy (non-hydrogen) atoms. The van der Waals surface area contributed by atoms with Crippen LogP contribution in [0.5, 0.6) is 5.75 Å². The predicted molar refractivity (Wildman–Crippen MR) is 129 cm³/mol. The summed E-state index contributed by atoms with van der Waals surface area (Å²) in [5.74, 6) is -1.56. The zero-order valence-electron chi connectivity index (χ0n) is 19.2. The van der Waals surface area contributed by atoms with Crippen molar-refractivity contribution in [2.24, 2.45) is 5.73 Å². The van der Waals surface area contributed by atoms with Crippen LogP contribution in [0, 0.1) is 0 Å². The highest BCUT2D eigenvalue weighted by atomic mass is 32.1. The summed E-state index contributed by atoms with van der Waals surface area (Å²) in [5, 5.41) is 3.16. The molecule has 3 aromatic rings. The number of primary amides is 1. The molecule has 2 aromatic carbocycles. The minimum Gasteiger partial charge on any atom is -0.404 e. The van der Waals surface area contributed by atoms with Crippen LogP contribution < -0.4 is 15.8 Å². The highest BCUT2D eigenvalue weighted by Crippen LogP contribution is 2.36. The number of nitrogens with two attached hydrogens (primary N) is 1. The number of alkyl halides is 3. The Bertz CT molecular complexity index is 1260. The molecule has 1 aromatic heterocycles. The minimum atomic E-state index is -4.93. The lowest BCUT2D eigenvalue weighted by Crippen LogP contribution is -2.47. The van der Waals surface area contributed by atoms with E-state index >= 15 is 0 Å². The summed E-state index contributed by atoms with van der Waals surface area (Å²) in [6.45, 7) is 3.73. The summed E-state index contributed by atoms with van der Waals surface area (Å²) >= 11 is 1.13. The molecule has 1 unspecified atom stereocenters. The van der Waals surface area contributed by atoms with E-state index in [0.29, 0.717) is 52.9 Å². The van der Waals surface area contributed by atoms with E-state index in [-0.39, 0.29) is 5.69 Å². The van der Waals surface area contributed by atoms with E-state index in [1.165, 1.54) is 24.4 Å². The number of hydrogen-bond acceptors (Lipinski definition) is 7. The number of carbonyl (C=O) groups is 2. The summed E-state index contributed by atoms with van der Waals surface area (Å²) in [5.41, 5.74) is 7.11. The quantitative estimate of drug-likeness (QED) is 0.485. The van der Waals surface area contributed by atoms with Crippen molar-refractivity contribution in [1.29, 1.82) is 0 Å². The number of nitrogens with one attached hydrogen (secondary N) is 1. The Kier molecular flexibility index (Phi) is 7.57. The Morgan fingerprint density at radius 1 is 1.14 bits per heavy atom. The number of halogens is 3. The zero-order valence-corrected chi connectivity index (χ0v) is 20.0.